The Bertz CT molecular complexity index is 181. The quantitative estimate of drug-likeness (QED) is 0.570. The van der Waals surface area contributed by atoms with Gasteiger partial charge in [-0.25, -0.2) is 0 Å². The van der Waals surface area contributed by atoms with Crippen molar-refractivity contribution >= 4 is 21.8 Å². The fraction of sp³-hybridized carbons (Fsp3) is 0.667. The van der Waals surface area contributed by atoms with Crippen molar-refractivity contribution in [2.45, 2.75) is 32.6 Å². The zero-order valence-corrected chi connectivity index (χ0v) is 8.91. The van der Waals surface area contributed by atoms with Crippen LogP contribution >= 0.6 is 15.9 Å². The fourth-order valence-electron chi connectivity index (χ4n) is 0.841. The highest BCUT2D eigenvalue weighted by atomic mass is 79.9. The van der Waals surface area contributed by atoms with Gasteiger partial charge in [-0.2, -0.15) is 0 Å². The molecule has 0 heterocycles. The second-order valence-corrected chi connectivity index (χ2v) is 2.93. The minimum atomic E-state index is -0.205. The Labute approximate surface area is 82.2 Å². The Morgan fingerprint density at radius 2 is 2.17 bits per heavy atom. The number of unbranched alkanes of at least 4 members (excludes halogenated alkanes) is 3. The van der Waals surface area contributed by atoms with Gasteiger partial charge < -0.3 is 5.32 Å². The lowest BCUT2D eigenvalue weighted by atomic mass is 10.2. The zero-order valence-electron chi connectivity index (χ0n) is 7.32. The molecule has 0 saturated carbocycles. The number of amides is 1. The summed E-state index contributed by atoms with van der Waals surface area (Å²) >= 11 is 2.86. The van der Waals surface area contributed by atoms with Crippen molar-refractivity contribution in [1.82, 2.24) is 5.32 Å². The van der Waals surface area contributed by atoms with Crippen LogP contribution in [0, 0.1) is 10.8 Å². The first-order valence-electron chi connectivity index (χ1n) is 4.20. The summed E-state index contributed by atoms with van der Waals surface area (Å²) in [5.74, 6) is 2.15. The van der Waals surface area contributed by atoms with E-state index in [1.54, 1.807) is 0 Å². The van der Waals surface area contributed by atoms with Crippen molar-refractivity contribution in [3.05, 3.63) is 0 Å². The molecule has 0 fully saturated rings. The van der Waals surface area contributed by atoms with E-state index in [0.29, 0.717) is 0 Å². The monoisotopic (exact) mass is 231 g/mol. The lowest BCUT2D eigenvalue weighted by Crippen LogP contribution is -2.22. The molecule has 0 radical (unpaired) electrons. The van der Waals surface area contributed by atoms with Crippen LogP contribution in [0.1, 0.15) is 32.6 Å². The molecule has 0 aromatic rings. The Balaban J connectivity index is 3.18. The number of hydrogen-bond acceptors (Lipinski definition) is 1. The van der Waals surface area contributed by atoms with Crippen LogP contribution in [-0.4, -0.2) is 12.5 Å². The number of hydrogen-bond donors (Lipinski definition) is 1. The van der Waals surface area contributed by atoms with Crippen LogP contribution in [-0.2, 0) is 4.79 Å². The predicted molar refractivity (Wildman–Crippen MR) is 53.9 cm³/mol. The lowest BCUT2D eigenvalue weighted by molar-refractivity contribution is -0.115. The minimum absolute atomic E-state index is 0.205. The van der Waals surface area contributed by atoms with Crippen molar-refractivity contribution in [2.75, 3.05) is 6.54 Å². The molecule has 68 valence electrons. The fourth-order valence-corrected chi connectivity index (χ4v) is 1.02. The van der Waals surface area contributed by atoms with Gasteiger partial charge in [0, 0.05) is 28.4 Å². The van der Waals surface area contributed by atoms with Crippen LogP contribution in [0.5, 0.6) is 0 Å². The Morgan fingerprint density at radius 3 is 2.75 bits per heavy atom. The lowest BCUT2D eigenvalue weighted by Gasteiger charge is -1.99. The van der Waals surface area contributed by atoms with Crippen molar-refractivity contribution in [3.63, 3.8) is 0 Å². The molecule has 0 aromatic carbocycles. The number of rotatable bonds is 5. The highest BCUT2D eigenvalue weighted by molar-refractivity contribution is 9.12. The van der Waals surface area contributed by atoms with Crippen molar-refractivity contribution < 1.29 is 4.79 Å². The van der Waals surface area contributed by atoms with Gasteiger partial charge >= 0.3 is 0 Å². The largest absolute Gasteiger partial charge is 0.345 e. The molecular formula is C9H14BrNO. The van der Waals surface area contributed by atoms with Gasteiger partial charge in [-0.15, -0.1) is 0 Å². The van der Waals surface area contributed by atoms with E-state index >= 15 is 0 Å². The first-order chi connectivity index (χ1) is 5.81. The third-order valence-electron chi connectivity index (χ3n) is 1.48. The van der Waals surface area contributed by atoms with Crippen LogP contribution in [0.15, 0.2) is 0 Å². The highest BCUT2D eigenvalue weighted by Crippen LogP contribution is 1.96. The molecule has 1 N–H and O–H groups in total. The molecule has 1 amide bonds. The maximum atomic E-state index is 10.8. The van der Waals surface area contributed by atoms with Gasteiger partial charge in [-0.05, 0) is 11.3 Å². The van der Waals surface area contributed by atoms with E-state index in [0.717, 1.165) is 13.0 Å². The second-order valence-electron chi connectivity index (χ2n) is 2.54. The molecule has 0 atom stereocenters. The number of halogens is 1. The smallest absolute Gasteiger partial charge is 0.296 e. The van der Waals surface area contributed by atoms with Gasteiger partial charge in [-0.3, -0.25) is 4.79 Å². The van der Waals surface area contributed by atoms with E-state index in [9.17, 15) is 4.79 Å². The molecule has 0 aromatic heterocycles. The summed E-state index contributed by atoms with van der Waals surface area (Å²) < 4.78 is 0. The molecule has 2 nitrogen and oxygen atoms in total. The third kappa shape index (κ3) is 7.62. The van der Waals surface area contributed by atoms with Crippen LogP contribution in [0.25, 0.3) is 0 Å². The molecule has 0 bridgehead atoms. The van der Waals surface area contributed by atoms with E-state index in [1.807, 2.05) is 0 Å². The maximum absolute atomic E-state index is 10.8. The summed E-state index contributed by atoms with van der Waals surface area (Å²) in [6, 6.07) is 0. The number of carbonyl (C=O) groups is 1. The summed E-state index contributed by atoms with van der Waals surface area (Å²) in [5.41, 5.74) is 0. The van der Waals surface area contributed by atoms with Crippen LogP contribution < -0.4 is 5.32 Å². The van der Waals surface area contributed by atoms with Crippen LogP contribution in [0.4, 0.5) is 0 Å². The topological polar surface area (TPSA) is 29.1 Å². The van der Waals surface area contributed by atoms with Gasteiger partial charge in [0.15, 0.2) is 0 Å². The van der Waals surface area contributed by atoms with Gasteiger partial charge in [0.2, 0.25) is 0 Å². The van der Waals surface area contributed by atoms with Crippen LogP contribution in [0.3, 0.4) is 0 Å². The average Bonchev–Trinajstić information content (AvgIpc) is 2.05. The molecule has 0 spiro atoms. The predicted octanol–water partition coefficient (Wildman–Crippen LogP) is 2.04. The van der Waals surface area contributed by atoms with Gasteiger partial charge in [-0.1, -0.05) is 26.2 Å². The highest BCUT2D eigenvalue weighted by Gasteiger charge is 1.92. The molecule has 0 aliphatic heterocycles. The normalized spacial score (nSPS) is 8.50. The molecular weight excluding hydrogens is 218 g/mol. The Hall–Kier alpha value is -0.490. The molecule has 0 aliphatic carbocycles. The van der Waals surface area contributed by atoms with E-state index in [-0.39, 0.29) is 5.91 Å². The van der Waals surface area contributed by atoms with Crippen LogP contribution in [0.2, 0.25) is 0 Å². The summed E-state index contributed by atoms with van der Waals surface area (Å²) in [6.07, 6.45) is 4.68. The molecule has 0 rings (SSSR count). The minimum Gasteiger partial charge on any atom is -0.345 e. The van der Waals surface area contributed by atoms with E-state index < -0.39 is 0 Å². The number of nitrogens with one attached hydrogen (secondary N) is 1. The summed E-state index contributed by atoms with van der Waals surface area (Å²) in [6.45, 7) is 2.90. The van der Waals surface area contributed by atoms with Crippen molar-refractivity contribution in [2.24, 2.45) is 0 Å². The molecule has 0 saturated heterocycles. The van der Waals surface area contributed by atoms with Crippen molar-refractivity contribution in [3.8, 4) is 10.8 Å². The van der Waals surface area contributed by atoms with E-state index in [2.05, 4.69) is 38.9 Å². The van der Waals surface area contributed by atoms with E-state index in [1.165, 1.54) is 19.3 Å². The molecule has 3 heteroatoms. The van der Waals surface area contributed by atoms with Gasteiger partial charge in [0.25, 0.3) is 5.91 Å². The standard InChI is InChI=1S/C9H14BrNO/c1-2-3-4-5-8-11-9(12)6-7-10/h2-5,8H2,1H3,(H,11,12). The SMILES string of the molecule is CCCCCCNC(=O)C#CBr. The van der Waals surface area contributed by atoms with Crippen molar-refractivity contribution in [1.29, 1.82) is 0 Å². The van der Waals surface area contributed by atoms with Gasteiger partial charge in [0.05, 0.1) is 0 Å². The Kier molecular flexibility index (Phi) is 8.25. The Morgan fingerprint density at radius 1 is 1.42 bits per heavy atom. The van der Waals surface area contributed by atoms with Gasteiger partial charge in [0.1, 0.15) is 0 Å². The second kappa shape index (κ2) is 8.61. The summed E-state index contributed by atoms with van der Waals surface area (Å²) in [7, 11) is 0. The summed E-state index contributed by atoms with van der Waals surface area (Å²) in [5, 5.41) is 2.70. The third-order valence-corrected chi connectivity index (χ3v) is 1.67. The summed E-state index contributed by atoms with van der Waals surface area (Å²) in [4.78, 5) is 13.1. The number of carbonyl (C=O) groups excluding carboxylic acids is 1. The first-order valence-corrected chi connectivity index (χ1v) is 5.00. The zero-order chi connectivity index (χ0) is 9.23. The molecule has 0 aliphatic rings. The molecule has 12 heavy (non-hydrogen) atoms. The first kappa shape index (κ1) is 11.5. The molecule has 0 unspecified atom stereocenters. The maximum Gasteiger partial charge on any atom is 0.296 e. The van der Waals surface area contributed by atoms with E-state index in [4.69, 9.17) is 0 Å². The average molecular weight is 232 g/mol.